The van der Waals surface area contributed by atoms with E-state index >= 15 is 0 Å². The molecule has 17 heavy (non-hydrogen) atoms. The smallest absolute Gasteiger partial charge is 0.316 e. The highest BCUT2D eigenvalue weighted by Gasteiger charge is 2.52. The van der Waals surface area contributed by atoms with E-state index in [2.05, 4.69) is 6.92 Å². The fraction of sp³-hybridized carbons (Fsp3) is 0.500. The Morgan fingerprint density at radius 2 is 2.00 bits per heavy atom. The summed E-state index contributed by atoms with van der Waals surface area (Å²) in [4.78, 5) is 12.0. The van der Waals surface area contributed by atoms with Crippen LogP contribution in [0, 0.1) is 5.82 Å². The molecule has 0 N–H and O–H groups in total. The van der Waals surface area contributed by atoms with Crippen LogP contribution in [0.4, 0.5) is 4.39 Å². The predicted molar refractivity (Wildman–Crippen MR) is 63.2 cm³/mol. The number of hydrogen-bond acceptors (Lipinski definition) is 2. The van der Waals surface area contributed by atoms with Crippen LogP contribution >= 0.6 is 0 Å². The summed E-state index contributed by atoms with van der Waals surface area (Å²) in [6, 6.07) is 6.16. The molecule has 1 aliphatic rings. The molecule has 0 amide bonds. The Kier molecular flexibility index (Phi) is 3.46. The molecule has 0 radical (unpaired) electrons. The average Bonchev–Trinajstić information content (AvgIpc) is 3.11. The zero-order valence-electron chi connectivity index (χ0n) is 10.0. The monoisotopic (exact) mass is 236 g/mol. The van der Waals surface area contributed by atoms with Gasteiger partial charge in [0, 0.05) is 0 Å². The third-order valence-electron chi connectivity index (χ3n) is 3.27. The van der Waals surface area contributed by atoms with E-state index in [-0.39, 0.29) is 11.8 Å². The topological polar surface area (TPSA) is 26.3 Å². The number of carbonyl (C=O) groups is 1. The van der Waals surface area contributed by atoms with Crippen molar-refractivity contribution in [2.45, 2.75) is 38.0 Å². The number of benzene rings is 1. The van der Waals surface area contributed by atoms with Crippen molar-refractivity contribution in [3.63, 3.8) is 0 Å². The highest BCUT2D eigenvalue weighted by Crippen LogP contribution is 2.49. The maximum Gasteiger partial charge on any atom is 0.316 e. The van der Waals surface area contributed by atoms with Gasteiger partial charge in [0.15, 0.2) is 0 Å². The molecule has 3 heteroatoms. The average molecular weight is 236 g/mol. The van der Waals surface area contributed by atoms with Crippen LogP contribution in [0.3, 0.4) is 0 Å². The van der Waals surface area contributed by atoms with Crippen LogP contribution in [-0.2, 0) is 14.9 Å². The highest BCUT2D eigenvalue weighted by molar-refractivity contribution is 5.86. The minimum absolute atomic E-state index is 0.155. The number of halogens is 1. The lowest BCUT2D eigenvalue weighted by atomic mass is 9.96. The molecule has 0 heterocycles. The number of rotatable bonds is 5. The van der Waals surface area contributed by atoms with Gasteiger partial charge in [-0.05, 0) is 37.0 Å². The van der Waals surface area contributed by atoms with E-state index in [4.69, 9.17) is 4.74 Å². The summed E-state index contributed by atoms with van der Waals surface area (Å²) in [7, 11) is 0. The zero-order chi connectivity index (χ0) is 12.3. The van der Waals surface area contributed by atoms with Crippen molar-refractivity contribution < 1.29 is 13.9 Å². The molecule has 1 aromatic rings. The van der Waals surface area contributed by atoms with E-state index < -0.39 is 5.41 Å². The van der Waals surface area contributed by atoms with Gasteiger partial charge in [-0.1, -0.05) is 25.5 Å². The van der Waals surface area contributed by atoms with Gasteiger partial charge in [-0.15, -0.1) is 0 Å². The number of ether oxygens (including phenoxy) is 1. The van der Waals surface area contributed by atoms with Gasteiger partial charge < -0.3 is 4.74 Å². The van der Waals surface area contributed by atoms with Crippen molar-refractivity contribution in [1.29, 1.82) is 0 Å². The summed E-state index contributed by atoms with van der Waals surface area (Å²) < 4.78 is 18.1. The molecule has 1 aliphatic carbocycles. The first-order valence-corrected chi connectivity index (χ1v) is 6.12. The summed E-state index contributed by atoms with van der Waals surface area (Å²) in [5.74, 6) is -0.429. The summed E-state index contributed by atoms with van der Waals surface area (Å²) in [5.41, 5.74) is 0.391. The molecule has 0 spiro atoms. The van der Waals surface area contributed by atoms with Crippen LogP contribution in [0.1, 0.15) is 38.2 Å². The van der Waals surface area contributed by atoms with Gasteiger partial charge in [-0.3, -0.25) is 4.79 Å². The molecule has 2 nitrogen and oxygen atoms in total. The van der Waals surface area contributed by atoms with Gasteiger partial charge in [0.1, 0.15) is 5.82 Å². The van der Waals surface area contributed by atoms with E-state index in [1.54, 1.807) is 12.1 Å². The maximum absolute atomic E-state index is 12.8. The fourth-order valence-electron chi connectivity index (χ4n) is 1.95. The van der Waals surface area contributed by atoms with Crippen molar-refractivity contribution in [2.75, 3.05) is 6.61 Å². The van der Waals surface area contributed by atoms with E-state index in [0.29, 0.717) is 6.61 Å². The Bertz CT molecular complexity index is 393. The Balaban J connectivity index is 2.03. The van der Waals surface area contributed by atoms with Gasteiger partial charge in [-0.25, -0.2) is 4.39 Å². The largest absolute Gasteiger partial charge is 0.465 e. The molecule has 1 aromatic carbocycles. The zero-order valence-corrected chi connectivity index (χ0v) is 10.0. The molecule has 0 saturated heterocycles. The first kappa shape index (κ1) is 12.1. The molecule has 92 valence electrons. The van der Waals surface area contributed by atoms with Crippen LogP contribution in [0.2, 0.25) is 0 Å². The van der Waals surface area contributed by atoms with Crippen molar-refractivity contribution in [3.8, 4) is 0 Å². The molecule has 0 aromatic heterocycles. The van der Waals surface area contributed by atoms with Gasteiger partial charge in [0.05, 0.1) is 12.0 Å². The van der Waals surface area contributed by atoms with Crippen LogP contribution in [0.15, 0.2) is 24.3 Å². The first-order chi connectivity index (χ1) is 8.19. The van der Waals surface area contributed by atoms with Gasteiger partial charge in [0.25, 0.3) is 0 Å². The highest BCUT2D eigenvalue weighted by atomic mass is 19.1. The van der Waals surface area contributed by atoms with Crippen LogP contribution < -0.4 is 0 Å². The second-order valence-corrected chi connectivity index (χ2v) is 4.58. The summed E-state index contributed by atoms with van der Waals surface area (Å²) in [6.07, 6.45) is 3.52. The predicted octanol–water partition coefficient (Wildman–Crippen LogP) is 3.20. The van der Waals surface area contributed by atoms with E-state index in [0.717, 1.165) is 31.2 Å². The normalized spacial score (nSPS) is 16.6. The standard InChI is InChI=1S/C14H17FO2/c1-2-3-10-17-13(16)14(8-9-14)11-4-6-12(15)7-5-11/h4-7H,2-3,8-10H2,1H3. The third kappa shape index (κ3) is 2.48. The number of carbonyl (C=O) groups excluding carboxylic acids is 1. The Morgan fingerprint density at radius 1 is 1.35 bits per heavy atom. The molecule has 0 atom stereocenters. The lowest BCUT2D eigenvalue weighted by Gasteiger charge is -2.14. The van der Waals surface area contributed by atoms with E-state index in [1.165, 1.54) is 12.1 Å². The van der Waals surface area contributed by atoms with Crippen LogP contribution in [0.5, 0.6) is 0 Å². The summed E-state index contributed by atoms with van der Waals surface area (Å²) in [5, 5.41) is 0. The second kappa shape index (κ2) is 4.86. The van der Waals surface area contributed by atoms with Crippen LogP contribution in [0.25, 0.3) is 0 Å². The molecular weight excluding hydrogens is 219 g/mol. The van der Waals surface area contributed by atoms with Gasteiger partial charge in [-0.2, -0.15) is 0 Å². The van der Waals surface area contributed by atoms with Crippen molar-refractivity contribution in [1.82, 2.24) is 0 Å². The third-order valence-corrected chi connectivity index (χ3v) is 3.27. The Labute approximate surface area is 101 Å². The molecule has 2 rings (SSSR count). The fourth-order valence-corrected chi connectivity index (χ4v) is 1.95. The van der Waals surface area contributed by atoms with E-state index in [9.17, 15) is 9.18 Å². The molecule has 0 bridgehead atoms. The van der Waals surface area contributed by atoms with Crippen molar-refractivity contribution in [3.05, 3.63) is 35.6 Å². The van der Waals surface area contributed by atoms with Gasteiger partial charge in [0.2, 0.25) is 0 Å². The second-order valence-electron chi connectivity index (χ2n) is 4.58. The quantitative estimate of drug-likeness (QED) is 0.579. The number of unbranched alkanes of at least 4 members (excludes halogenated alkanes) is 1. The molecular formula is C14H17FO2. The van der Waals surface area contributed by atoms with Crippen molar-refractivity contribution in [2.24, 2.45) is 0 Å². The SMILES string of the molecule is CCCCOC(=O)C1(c2ccc(F)cc2)CC1. The number of esters is 1. The minimum Gasteiger partial charge on any atom is -0.465 e. The summed E-state index contributed by atoms with van der Waals surface area (Å²) >= 11 is 0. The number of hydrogen-bond donors (Lipinski definition) is 0. The van der Waals surface area contributed by atoms with Crippen LogP contribution in [-0.4, -0.2) is 12.6 Å². The molecule has 0 unspecified atom stereocenters. The maximum atomic E-state index is 12.8. The first-order valence-electron chi connectivity index (χ1n) is 6.12. The lowest BCUT2D eigenvalue weighted by Crippen LogP contribution is -2.23. The summed E-state index contributed by atoms with van der Waals surface area (Å²) in [6.45, 7) is 2.54. The molecule has 1 saturated carbocycles. The minimum atomic E-state index is -0.485. The van der Waals surface area contributed by atoms with Crippen molar-refractivity contribution >= 4 is 5.97 Å². The molecule has 1 fully saturated rings. The van der Waals surface area contributed by atoms with Gasteiger partial charge >= 0.3 is 5.97 Å². The Hall–Kier alpha value is -1.38. The molecule has 0 aliphatic heterocycles. The van der Waals surface area contributed by atoms with E-state index in [1.807, 2.05) is 0 Å². The lowest BCUT2D eigenvalue weighted by molar-refractivity contribution is -0.146. The Morgan fingerprint density at radius 3 is 2.53 bits per heavy atom.